The molecule has 1 aromatic rings. The highest BCUT2D eigenvalue weighted by atomic mass is 19.1. The van der Waals surface area contributed by atoms with Gasteiger partial charge in [0.15, 0.2) is 5.03 Å². The average molecular weight is 293 g/mol. The molecule has 0 amide bonds. The van der Waals surface area contributed by atoms with E-state index in [2.05, 4.69) is 4.90 Å². The lowest BCUT2D eigenvalue weighted by Gasteiger charge is -2.32. The van der Waals surface area contributed by atoms with Crippen molar-refractivity contribution in [1.82, 2.24) is 4.90 Å². The molecule has 2 heterocycles. The van der Waals surface area contributed by atoms with Crippen LogP contribution in [0.15, 0.2) is 24.3 Å². The first-order valence-corrected chi connectivity index (χ1v) is 7.53. The molecule has 2 aliphatic heterocycles. The maximum absolute atomic E-state index is 13.0. The predicted octanol–water partition coefficient (Wildman–Crippen LogP) is 2.84. The first kappa shape index (κ1) is 14.3. The number of hydrogen-bond acceptors (Lipinski definition) is 3. The minimum absolute atomic E-state index is 0.161. The maximum Gasteiger partial charge on any atom is 0.165 e. The smallest absolute Gasteiger partial charge is 0.165 e. The zero-order valence-corrected chi connectivity index (χ0v) is 12.0. The summed E-state index contributed by atoms with van der Waals surface area (Å²) in [6, 6.07) is 5.47. The molecule has 0 bridgehead atoms. The number of rotatable bonds is 5. The summed E-state index contributed by atoms with van der Waals surface area (Å²) in [5.74, 6) is -0.376. The first-order chi connectivity index (χ1) is 10.1. The van der Waals surface area contributed by atoms with E-state index >= 15 is 0 Å². The molecule has 0 N–H and O–H groups in total. The zero-order chi connectivity index (χ0) is 14.9. The van der Waals surface area contributed by atoms with Gasteiger partial charge in [-0.1, -0.05) is 5.01 Å². The third kappa shape index (κ3) is 2.72. The van der Waals surface area contributed by atoms with Crippen molar-refractivity contribution in [3.8, 4) is 0 Å². The molecule has 6 heteroatoms. The highest BCUT2D eigenvalue weighted by Crippen LogP contribution is 2.41. The number of halogens is 1. The molecule has 5 nitrogen and oxygen atoms in total. The molecule has 21 heavy (non-hydrogen) atoms. The Balaban J connectivity index is 1.71. The topological polar surface area (TPSA) is 49.6 Å². The minimum Gasteiger partial charge on any atom is -0.298 e. The molecule has 0 atom stereocenters. The van der Waals surface area contributed by atoms with Crippen molar-refractivity contribution in [2.24, 2.45) is 0 Å². The molecule has 2 saturated heterocycles. The van der Waals surface area contributed by atoms with Crippen LogP contribution in [0, 0.1) is 15.9 Å². The van der Waals surface area contributed by atoms with Gasteiger partial charge < -0.3 is 0 Å². The van der Waals surface area contributed by atoms with Crippen LogP contribution in [0.5, 0.6) is 0 Å². The lowest BCUT2D eigenvalue weighted by atomic mass is 9.90. The standard InChI is InChI=1S/C15H20FN3O2/c16-13-3-5-14(6-4-13)18(19(20)21)12-9-15-7-1-10-17(15)11-2-8-15/h3-6H,1-2,7-12H2. The van der Waals surface area contributed by atoms with E-state index in [1.807, 2.05) is 0 Å². The van der Waals surface area contributed by atoms with Crippen molar-refractivity contribution >= 4 is 5.69 Å². The van der Waals surface area contributed by atoms with Gasteiger partial charge in [0, 0.05) is 5.54 Å². The fourth-order valence-electron chi connectivity index (χ4n) is 3.87. The van der Waals surface area contributed by atoms with Gasteiger partial charge >= 0.3 is 0 Å². The minimum atomic E-state index is -0.391. The van der Waals surface area contributed by atoms with Gasteiger partial charge in [-0.15, -0.1) is 0 Å². The molecule has 0 radical (unpaired) electrons. The van der Waals surface area contributed by atoms with Crippen molar-refractivity contribution in [3.05, 3.63) is 40.2 Å². The Morgan fingerprint density at radius 3 is 2.43 bits per heavy atom. The monoisotopic (exact) mass is 293 g/mol. The van der Waals surface area contributed by atoms with E-state index < -0.39 is 5.03 Å². The van der Waals surface area contributed by atoms with Crippen LogP contribution in [0.2, 0.25) is 0 Å². The van der Waals surface area contributed by atoms with Crippen molar-refractivity contribution in [2.45, 2.75) is 37.6 Å². The van der Waals surface area contributed by atoms with Gasteiger partial charge in [-0.25, -0.2) is 14.5 Å². The highest BCUT2D eigenvalue weighted by Gasteiger charge is 2.44. The van der Waals surface area contributed by atoms with E-state index in [-0.39, 0.29) is 11.4 Å². The molecule has 0 aliphatic carbocycles. The molecule has 2 fully saturated rings. The summed E-state index contributed by atoms with van der Waals surface area (Å²) in [5.41, 5.74) is 0.606. The fourth-order valence-corrected chi connectivity index (χ4v) is 3.87. The quantitative estimate of drug-likeness (QED) is 0.619. The van der Waals surface area contributed by atoms with Crippen LogP contribution in [0.3, 0.4) is 0 Å². The third-order valence-electron chi connectivity index (χ3n) is 4.92. The maximum atomic E-state index is 13.0. The second-order valence-electron chi connectivity index (χ2n) is 6.01. The van der Waals surface area contributed by atoms with Crippen molar-refractivity contribution in [2.75, 3.05) is 24.6 Å². The second-order valence-corrected chi connectivity index (χ2v) is 6.01. The van der Waals surface area contributed by atoms with Crippen molar-refractivity contribution in [3.63, 3.8) is 0 Å². The molecular weight excluding hydrogens is 273 g/mol. The number of benzene rings is 1. The number of hydrazine groups is 1. The van der Waals surface area contributed by atoms with Crippen LogP contribution >= 0.6 is 0 Å². The molecule has 1 aromatic carbocycles. The zero-order valence-electron chi connectivity index (χ0n) is 12.0. The predicted molar refractivity (Wildman–Crippen MR) is 78.1 cm³/mol. The summed E-state index contributed by atoms with van der Waals surface area (Å²) in [7, 11) is 0. The lowest BCUT2D eigenvalue weighted by molar-refractivity contribution is -0.495. The average Bonchev–Trinajstić information content (AvgIpc) is 3.00. The summed E-state index contributed by atoms with van der Waals surface area (Å²) in [4.78, 5) is 13.8. The van der Waals surface area contributed by atoms with Gasteiger partial charge in [0.2, 0.25) is 0 Å². The van der Waals surface area contributed by atoms with E-state index in [1.54, 1.807) is 0 Å². The number of nitrogens with zero attached hydrogens (tertiary/aromatic N) is 3. The number of fused-ring (bicyclic) bond motifs is 1. The van der Waals surface area contributed by atoms with Gasteiger partial charge in [-0.3, -0.25) is 4.90 Å². The molecule has 0 aromatic heterocycles. The van der Waals surface area contributed by atoms with Gasteiger partial charge in [0.05, 0.1) is 6.54 Å². The van der Waals surface area contributed by atoms with Crippen LogP contribution in [0.25, 0.3) is 0 Å². The fraction of sp³-hybridized carbons (Fsp3) is 0.600. The number of anilines is 1. The van der Waals surface area contributed by atoms with Gasteiger partial charge in [-0.2, -0.15) is 0 Å². The normalized spacial score (nSPS) is 20.4. The van der Waals surface area contributed by atoms with Gasteiger partial charge in [-0.05, 0) is 69.5 Å². The van der Waals surface area contributed by atoms with Crippen LogP contribution in [-0.2, 0) is 0 Å². The van der Waals surface area contributed by atoms with Crippen LogP contribution < -0.4 is 5.01 Å². The van der Waals surface area contributed by atoms with E-state index in [4.69, 9.17) is 0 Å². The number of nitro groups is 1. The highest BCUT2D eigenvalue weighted by molar-refractivity contribution is 5.43. The summed E-state index contributed by atoms with van der Waals surface area (Å²) in [5, 5.41) is 12.1. The van der Waals surface area contributed by atoms with Crippen LogP contribution in [-0.4, -0.2) is 35.1 Å². The molecule has 0 saturated carbocycles. The Morgan fingerprint density at radius 2 is 1.86 bits per heavy atom. The Labute approximate surface area is 123 Å². The molecular formula is C15H20FN3O2. The summed E-state index contributed by atoms with van der Waals surface area (Å²) >= 11 is 0. The summed E-state index contributed by atoms with van der Waals surface area (Å²) < 4.78 is 13.0. The Bertz CT molecular complexity index is 510. The Morgan fingerprint density at radius 1 is 1.24 bits per heavy atom. The van der Waals surface area contributed by atoms with Gasteiger partial charge in [0.25, 0.3) is 0 Å². The summed E-state index contributed by atoms with van der Waals surface area (Å²) in [6.45, 7) is 2.61. The van der Waals surface area contributed by atoms with Crippen molar-refractivity contribution < 1.29 is 9.42 Å². The Kier molecular flexibility index (Phi) is 3.80. The third-order valence-corrected chi connectivity index (χ3v) is 4.92. The number of hydrogen-bond donors (Lipinski definition) is 0. The molecule has 3 rings (SSSR count). The largest absolute Gasteiger partial charge is 0.298 e. The first-order valence-electron chi connectivity index (χ1n) is 7.53. The lowest BCUT2D eigenvalue weighted by Crippen LogP contribution is -2.42. The Hall–Kier alpha value is -1.69. The van der Waals surface area contributed by atoms with Crippen LogP contribution in [0.1, 0.15) is 32.1 Å². The molecule has 0 spiro atoms. The van der Waals surface area contributed by atoms with E-state index in [9.17, 15) is 14.5 Å². The summed E-state index contributed by atoms with van der Waals surface area (Å²) in [6.07, 6.45) is 5.46. The van der Waals surface area contributed by atoms with Crippen LogP contribution in [0.4, 0.5) is 10.1 Å². The SMILES string of the molecule is O=[N+]([O-])N(CCC12CCCN1CCC2)c1ccc(F)cc1. The molecule has 0 unspecified atom stereocenters. The van der Waals surface area contributed by atoms with E-state index in [0.717, 1.165) is 37.4 Å². The second kappa shape index (κ2) is 5.60. The molecule has 2 aliphatic rings. The van der Waals surface area contributed by atoms with E-state index in [0.29, 0.717) is 12.2 Å². The van der Waals surface area contributed by atoms with Crippen molar-refractivity contribution in [1.29, 1.82) is 0 Å². The van der Waals surface area contributed by atoms with E-state index in [1.165, 1.54) is 37.1 Å². The van der Waals surface area contributed by atoms with Gasteiger partial charge in [0.1, 0.15) is 11.5 Å². The molecule has 114 valence electrons.